The molecule has 9 aromatic rings. The van der Waals surface area contributed by atoms with E-state index in [1.54, 1.807) is 0 Å². The van der Waals surface area contributed by atoms with Crippen LogP contribution in [0.2, 0.25) is 0 Å². The molecule has 3 heteroatoms. The number of rotatable bonds is 3. The van der Waals surface area contributed by atoms with Gasteiger partial charge in [0, 0.05) is 26.9 Å². The van der Waals surface area contributed by atoms with Gasteiger partial charge >= 0.3 is 0 Å². The van der Waals surface area contributed by atoms with Crippen molar-refractivity contribution in [2.24, 2.45) is 0 Å². The van der Waals surface area contributed by atoms with E-state index in [1.165, 1.54) is 16.2 Å². The van der Waals surface area contributed by atoms with Gasteiger partial charge in [0.15, 0.2) is 11.2 Å². The molecule has 0 radical (unpaired) electrons. The minimum Gasteiger partial charge on any atom is -0.454 e. The maximum atomic E-state index is 6.61. The van der Waals surface area contributed by atoms with Crippen LogP contribution in [0, 0.1) is 0 Å². The van der Waals surface area contributed by atoms with Crippen molar-refractivity contribution in [1.82, 2.24) is 0 Å². The summed E-state index contributed by atoms with van der Waals surface area (Å²) in [5.41, 5.74) is 6.44. The zero-order chi connectivity index (χ0) is 26.9. The molecule has 0 fully saturated rings. The molecule has 0 saturated carbocycles. The fourth-order valence-electron chi connectivity index (χ4n) is 6.43. The number of benzene rings is 7. The van der Waals surface area contributed by atoms with E-state index < -0.39 is 0 Å². The highest BCUT2D eigenvalue weighted by Crippen LogP contribution is 2.48. The number of anilines is 3. The molecule has 2 aromatic heterocycles. The second kappa shape index (κ2) is 8.48. The lowest BCUT2D eigenvalue weighted by molar-refractivity contribution is 0.666. The zero-order valence-corrected chi connectivity index (χ0v) is 22.0. The quantitative estimate of drug-likeness (QED) is 0.215. The first kappa shape index (κ1) is 22.3. The third-order valence-electron chi connectivity index (χ3n) is 8.24. The summed E-state index contributed by atoms with van der Waals surface area (Å²) in [6.45, 7) is 0. The van der Waals surface area contributed by atoms with Gasteiger partial charge in [-0.2, -0.15) is 0 Å². The van der Waals surface area contributed by atoms with Crippen LogP contribution in [0.4, 0.5) is 17.1 Å². The van der Waals surface area contributed by atoms with Gasteiger partial charge in [0.2, 0.25) is 0 Å². The third kappa shape index (κ3) is 3.20. The maximum Gasteiger partial charge on any atom is 0.159 e. The van der Waals surface area contributed by atoms with Gasteiger partial charge in [-0.15, -0.1) is 0 Å². The van der Waals surface area contributed by atoms with Gasteiger partial charge in [-0.05, 0) is 46.5 Å². The van der Waals surface area contributed by atoms with E-state index in [4.69, 9.17) is 8.83 Å². The molecule has 0 aliphatic rings. The molecule has 7 aromatic carbocycles. The number of nitrogens with zero attached hydrogens (tertiary/aromatic N) is 1. The number of hydrogen-bond acceptors (Lipinski definition) is 3. The third-order valence-corrected chi connectivity index (χ3v) is 8.24. The number of hydrogen-bond donors (Lipinski definition) is 0. The van der Waals surface area contributed by atoms with Crippen molar-refractivity contribution in [2.75, 3.05) is 4.90 Å². The zero-order valence-electron chi connectivity index (χ0n) is 22.0. The Morgan fingerprint density at radius 2 is 0.805 bits per heavy atom. The molecule has 41 heavy (non-hydrogen) atoms. The summed E-state index contributed by atoms with van der Waals surface area (Å²) in [6, 6.07) is 48.9. The molecule has 0 aliphatic carbocycles. The molecule has 0 unspecified atom stereocenters. The Labute approximate surface area is 235 Å². The van der Waals surface area contributed by atoms with Crippen LogP contribution in [0.1, 0.15) is 0 Å². The highest BCUT2D eigenvalue weighted by Gasteiger charge is 2.25. The highest BCUT2D eigenvalue weighted by atomic mass is 16.3. The van der Waals surface area contributed by atoms with E-state index in [1.807, 2.05) is 24.3 Å². The molecular weight excluding hydrogens is 502 g/mol. The van der Waals surface area contributed by atoms with Gasteiger partial charge in [0.05, 0.1) is 17.1 Å². The summed E-state index contributed by atoms with van der Waals surface area (Å²) in [6.07, 6.45) is 0. The molecule has 0 bridgehead atoms. The summed E-state index contributed by atoms with van der Waals surface area (Å²) in [4.78, 5) is 2.32. The van der Waals surface area contributed by atoms with Crippen molar-refractivity contribution in [1.29, 1.82) is 0 Å². The van der Waals surface area contributed by atoms with Crippen molar-refractivity contribution >= 4 is 82.5 Å². The van der Waals surface area contributed by atoms with Crippen molar-refractivity contribution in [2.45, 2.75) is 0 Å². The normalized spacial score (nSPS) is 11.9. The first-order valence-corrected chi connectivity index (χ1v) is 13.9. The monoisotopic (exact) mass is 525 g/mol. The average Bonchev–Trinajstić information content (AvgIpc) is 3.61. The maximum absolute atomic E-state index is 6.61. The van der Waals surface area contributed by atoms with E-state index in [-0.39, 0.29) is 0 Å². The minimum atomic E-state index is 0.846. The first-order valence-electron chi connectivity index (χ1n) is 13.9. The lowest BCUT2D eigenvalue weighted by Gasteiger charge is -2.27. The molecule has 0 saturated heterocycles. The number of furan rings is 2. The fourth-order valence-corrected chi connectivity index (χ4v) is 6.43. The average molecular weight is 526 g/mol. The van der Waals surface area contributed by atoms with Crippen LogP contribution in [0.5, 0.6) is 0 Å². The molecular formula is C38H23NO2. The summed E-state index contributed by atoms with van der Waals surface area (Å²) >= 11 is 0. The first-order chi connectivity index (χ1) is 20.3. The van der Waals surface area contributed by atoms with E-state index in [2.05, 4.69) is 120 Å². The lowest BCUT2D eigenvalue weighted by Crippen LogP contribution is -2.11. The summed E-state index contributed by atoms with van der Waals surface area (Å²) < 4.78 is 13.2. The van der Waals surface area contributed by atoms with E-state index in [0.29, 0.717) is 0 Å². The Hall–Kier alpha value is -5.54. The summed E-state index contributed by atoms with van der Waals surface area (Å²) in [5, 5.41) is 9.17. The van der Waals surface area contributed by atoms with Gasteiger partial charge in [-0.1, -0.05) is 109 Å². The van der Waals surface area contributed by atoms with Crippen LogP contribution in [0.3, 0.4) is 0 Å². The summed E-state index contributed by atoms with van der Waals surface area (Å²) in [5.74, 6) is 0. The van der Waals surface area contributed by atoms with Crippen LogP contribution >= 0.6 is 0 Å². The predicted molar refractivity (Wildman–Crippen MR) is 171 cm³/mol. The largest absolute Gasteiger partial charge is 0.454 e. The Morgan fingerprint density at radius 1 is 0.341 bits per heavy atom. The number of fused-ring (bicyclic) bond motifs is 9. The smallest absolute Gasteiger partial charge is 0.159 e. The van der Waals surface area contributed by atoms with Crippen molar-refractivity contribution < 1.29 is 8.83 Å². The standard InChI is InChI=1S/C38H23NO2/c1-2-12-25-24(11-1)23-34(27-14-4-3-13-26(25)27)39(32-19-9-17-30-28-15-5-7-21-35(28)40-37(30)32)33-20-10-18-31-29-16-6-8-22-36(29)41-38(31)33/h1-23H. The van der Waals surface area contributed by atoms with Crippen LogP contribution in [-0.4, -0.2) is 0 Å². The van der Waals surface area contributed by atoms with E-state index in [9.17, 15) is 0 Å². The van der Waals surface area contributed by atoms with Crippen molar-refractivity contribution in [3.63, 3.8) is 0 Å². The highest BCUT2D eigenvalue weighted by molar-refractivity contribution is 6.19. The number of para-hydroxylation sites is 4. The molecule has 3 nitrogen and oxygen atoms in total. The van der Waals surface area contributed by atoms with Gasteiger partial charge < -0.3 is 13.7 Å². The Morgan fingerprint density at radius 3 is 1.41 bits per heavy atom. The molecule has 192 valence electrons. The Kier molecular flexibility index (Phi) is 4.61. The molecule has 0 atom stereocenters. The lowest BCUT2D eigenvalue weighted by atomic mass is 9.98. The SMILES string of the molecule is c1ccc2c(c1)cc(N(c1cccc3c1oc1ccccc13)c1cccc3c1oc1ccccc13)c1ccccc12. The van der Waals surface area contributed by atoms with Crippen LogP contribution in [0.15, 0.2) is 148 Å². The fraction of sp³-hybridized carbons (Fsp3) is 0. The van der Waals surface area contributed by atoms with Gasteiger partial charge in [-0.3, -0.25) is 0 Å². The van der Waals surface area contributed by atoms with Crippen molar-refractivity contribution in [3.05, 3.63) is 140 Å². The Bertz CT molecular complexity index is 2330. The minimum absolute atomic E-state index is 0.846. The van der Waals surface area contributed by atoms with Crippen LogP contribution in [-0.2, 0) is 0 Å². The van der Waals surface area contributed by atoms with Crippen molar-refractivity contribution in [3.8, 4) is 0 Å². The van der Waals surface area contributed by atoms with Crippen LogP contribution in [0.25, 0.3) is 65.4 Å². The molecule has 0 aliphatic heterocycles. The van der Waals surface area contributed by atoms with Crippen LogP contribution < -0.4 is 4.90 Å². The second-order valence-corrected chi connectivity index (χ2v) is 10.5. The topological polar surface area (TPSA) is 29.5 Å². The molecule has 0 N–H and O–H groups in total. The molecule has 0 amide bonds. The molecule has 0 spiro atoms. The van der Waals surface area contributed by atoms with Gasteiger partial charge in [-0.25, -0.2) is 0 Å². The second-order valence-electron chi connectivity index (χ2n) is 10.5. The predicted octanol–water partition coefficient (Wildman–Crippen LogP) is 11.3. The van der Waals surface area contributed by atoms with Gasteiger partial charge in [0.1, 0.15) is 11.2 Å². The van der Waals surface area contributed by atoms with E-state index in [0.717, 1.165) is 66.3 Å². The van der Waals surface area contributed by atoms with Gasteiger partial charge in [0.25, 0.3) is 0 Å². The summed E-state index contributed by atoms with van der Waals surface area (Å²) in [7, 11) is 0. The molecule has 2 heterocycles. The Balaban J connectivity index is 1.46. The molecule has 9 rings (SSSR count). The van der Waals surface area contributed by atoms with E-state index >= 15 is 0 Å².